The Balaban J connectivity index is 1.78. The van der Waals surface area contributed by atoms with Crippen molar-refractivity contribution in [1.29, 1.82) is 0 Å². The molecule has 1 unspecified atom stereocenters. The highest BCUT2D eigenvalue weighted by molar-refractivity contribution is 7.22. The smallest absolute Gasteiger partial charge is 0.360 e. The van der Waals surface area contributed by atoms with Crippen molar-refractivity contribution >= 4 is 33.1 Å². The molecule has 0 bridgehead atoms. The lowest BCUT2D eigenvalue weighted by atomic mass is 9.95. The Kier molecular flexibility index (Phi) is 5.54. The quantitative estimate of drug-likeness (QED) is 0.515. The van der Waals surface area contributed by atoms with Gasteiger partial charge in [0.05, 0.1) is 17.0 Å². The zero-order chi connectivity index (χ0) is 19.5. The number of nitrogen functional groups attached to an aromatic ring is 1. The van der Waals surface area contributed by atoms with Crippen LogP contribution in [0.2, 0.25) is 0 Å². The molecule has 28 heavy (non-hydrogen) atoms. The van der Waals surface area contributed by atoms with Crippen LogP contribution in [0.5, 0.6) is 0 Å². The minimum atomic E-state index is -0.432. The van der Waals surface area contributed by atoms with E-state index in [4.69, 9.17) is 15.2 Å². The van der Waals surface area contributed by atoms with Crippen LogP contribution in [0.1, 0.15) is 35.9 Å². The van der Waals surface area contributed by atoms with E-state index in [9.17, 15) is 4.79 Å². The summed E-state index contributed by atoms with van der Waals surface area (Å²) >= 11 is 1.54. The molecule has 0 spiro atoms. The van der Waals surface area contributed by atoms with Crippen molar-refractivity contribution < 1.29 is 14.3 Å². The normalized spacial score (nSPS) is 17.0. The second-order valence-electron chi connectivity index (χ2n) is 6.98. The third-order valence-electron chi connectivity index (χ3n) is 4.93. The highest BCUT2D eigenvalue weighted by Gasteiger charge is 2.23. The van der Waals surface area contributed by atoms with E-state index in [1.54, 1.807) is 6.92 Å². The van der Waals surface area contributed by atoms with Crippen LogP contribution >= 0.6 is 11.3 Å². The molecule has 2 N–H and O–H groups in total. The van der Waals surface area contributed by atoms with Gasteiger partial charge in [-0.05, 0) is 55.9 Å². The number of rotatable bonds is 5. The summed E-state index contributed by atoms with van der Waals surface area (Å²) in [6, 6.07) is 9.83. The van der Waals surface area contributed by atoms with Crippen LogP contribution in [0.3, 0.4) is 0 Å². The van der Waals surface area contributed by atoms with E-state index in [1.807, 2.05) is 24.3 Å². The van der Waals surface area contributed by atoms with Crippen LogP contribution in [0, 0.1) is 5.92 Å². The Morgan fingerprint density at radius 1 is 1.32 bits per heavy atom. The highest BCUT2D eigenvalue weighted by atomic mass is 32.1. The van der Waals surface area contributed by atoms with E-state index in [1.165, 1.54) is 11.3 Å². The van der Waals surface area contributed by atoms with E-state index in [0.717, 1.165) is 64.4 Å². The summed E-state index contributed by atoms with van der Waals surface area (Å²) < 4.78 is 11.6. The molecule has 0 radical (unpaired) electrons. The van der Waals surface area contributed by atoms with Crippen molar-refractivity contribution in [2.75, 3.05) is 25.6 Å². The molecule has 7 heteroatoms. The Morgan fingerprint density at radius 2 is 2.14 bits per heavy atom. The average Bonchev–Trinajstić information content (AvgIpc) is 3.15. The lowest BCUT2D eigenvalue weighted by Gasteiger charge is -2.21. The first kappa shape index (κ1) is 18.8. The first-order valence-electron chi connectivity index (χ1n) is 9.55. The van der Waals surface area contributed by atoms with Crippen LogP contribution in [0.25, 0.3) is 20.5 Å². The Morgan fingerprint density at radius 3 is 2.86 bits per heavy atom. The van der Waals surface area contributed by atoms with Gasteiger partial charge in [-0.2, -0.15) is 5.10 Å². The number of carbonyl (C=O) groups is 1. The molecule has 1 saturated heterocycles. The van der Waals surface area contributed by atoms with Crippen LogP contribution in [-0.2, 0) is 15.9 Å². The summed E-state index contributed by atoms with van der Waals surface area (Å²) in [5.74, 6) is -0.00202. The van der Waals surface area contributed by atoms with Gasteiger partial charge in [-0.25, -0.2) is 4.79 Å². The minimum absolute atomic E-state index is 0.284. The molecule has 1 atom stereocenters. The third kappa shape index (κ3) is 3.86. The van der Waals surface area contributed by atoms with Gasteiger partial charge in [-0.15, -0.1) is 16.4 Å². The standard InChI is InChI=1S/C21H23N3O3S/c1-2-27-21(25)19-20-16(11-18(28-20)14-5-7-15(22)8-6-14)17(23-24-19)10-13-4-3-9-26-12-13/h5-8,11,13H,2-4,9-10,12,22H2,1H3. The molecule has 0 amide bonds. The van der Waals surface area contributed by atoms with Gasteiger partial charge in [0.1, 0.15) is 0 Å². The molecule has 0 aliphatic carbocycles. The van der Waals surface area contributed by atoms with Crippen molar-refractivity contribution in [2.24, 2.45) is 5.92 Å². The fraction of sp³-hybridized carbons (Fsp3) is 0.381. The summed E-state index contributed by atoms with van der Waals surface area (Å²) in [7, 11) is 0. The SMILES string of the molecule is CCOC(=O)c1nnc(CC2CCCOC2)c2cc(-c3ccc(N)cc3)sc12. The molecule has 2 aromatic heterocycles. The van der Waals surface area contributed by atoms with Gasteiger partial charge in [0.2, 0.25) is 0 Å². The lowest BCUT2D eigenvalue weighted by Crippen LogP contribution is -2.20. The topological polar surface area (TPSA) is 87.3 Å². The van der Waals surface area contributed by atoms with E-state index in [0.29, 0.717) is 12.5 Å². The van der Waals surface area contributed by atoms with Crippen molar-refractivity contribution in [1.82, 2.24) is 10.2 Å². The number of benzene rings is 1. The van der Waals surface area contributed by atoms with Crippen LogP contribution in [-0.4, -0.2) is 36.0 Å². The van der Waals surface area contributed by atoms with Crippen molar-refractivity contribution in [3.8, 4) is 10.4 Å². The average molecular weight is 398 g/mol. The summed E-state index contributed by atoms with van der Waals surface area (Å²) in [4.78, 5) is 13.4. The Bertz CT molecular complexity index is 978. The van der Waals surface area contributed by atoms with E-state index in [-0.39, 0.29) is 5.69 Å². The number of ether oxygens (including phenoxy) is 2. The largest absolute Gasteiger partial charge is 0.461 e. The van der Waals surface area contributed by atoms with Crippen LogP contribution in [0.4, 0.5) is 5.69 Å². The first-order chi connectivity index (χ1) is 13.7. The monoisotopic (exact) mass is 397 g/mol. The molecule has 3 heterocycles. The first-order valence-corrected chi connectivity index (χ1v) is 10.4. The van der Waals surface area contributed by atoms with Crippen molar-refractivity contribution in [2.45, 2.75) is 26.2 Å². The van der Waals surface area contributed by atoms with Crippen LogP contribution < -0.4 is 5.73 Å². The number of aromatic nitrogens is 2. The fourth-order valence-corrected chi connectivity index (χ4v) is 4.66. The number of fused-ring (bicyclic) bond motifs is 1. The number of carbonyl (C=O) groups excluding carboxylic acids is 1. The maximum atomic E-state index is 12.4. The predicted molar refractivity (Wildman–Crippen MR) is 110 cm³/mol. The zero-order valence-electron chi connectivity index (χ0n) is 15.8. The van der Waals surface area contributed by atoms with Crippen LogP contribution in [0.15, 0.2) is 30.3 Å². The molecule has 0 saturated carbocycles. The van der Waals surface area contributed by atoms with Gasteiger partial charge >= 0.3 is 5.97 Å². The molecule has 1 fully saturated rings. The molecule has 4 rings (SSSR count). The number of hydrogen-bond donors (Lipinski definition) is 1. The van der Waals surface area contributed by atoms with Crippen molar-refractivity contribution in [3.63, 3.8) is 0 Å². The van der Waals surface area contributed by atoms with Gasteiger partial charge < -0.3 is 15.2 Å². The summed E-state index contributed by atoms with van der Waals surface area (Å²) in [5, 5.41) is 9.62. The molecule has 1 aromatic carbocycles. The van der Waals surface area contributed by atoms with Gasteiger partial charge in [0, 0.05) is 29.2 Å². The second kappa shape index (κ2) is 8.24. The van der Waals surface area contributed by atoms with Crippen molar-refractivity contribution in [3.05, 3.63) is 41.7 Å². The molecule has 6 nitrogen and oxygen atoms in total. The Hall–Kier alpha value is -2.51. The molecule has 146 valence electrons. The highest BCUT2D eigenvalue weighted by Crippen LogP contribution is 2.37. The number of nitrogens with zero attached hydrogens (tertiary/aromatic N) is 2. The second-order valence-corrected chi connectivity index (χ2v) is 8.03. The van der Waals surface area contributed by atoms with Gasteiger partial charge in [0.15, 0.2) is 5.69 Å². The van der Waals surface area contributed by atoms with Gasteiger partial charge in [-0.1, -0.05) is 12.1 Å². The van der Waals surface area contributed by atoms with E-state index >= 15 is 0 Å². The summed E-state index contributed by atoms with van der Waals surface area (Å²) in [6.45, 7) is 3.67. The number of anilines is 1. The molecule has 1 aliphatic rings. The molecular formula is C21H23N3O3S. The maximum absolute atomic E-state index is 12.4. The zero-order valence-corrected chi connectivity index (χ0v) is 16.6. The third-order valence-corrected chi connectivity index (χ3v) is 6.12. The summed E-state index contributed by atoms with van der Waals surface area (Å²) in [5.41, 5.74) is 8.79. The lowest BCUT2D eigenvalue weighted by molar-refractivity contribution is 0.0518. The van der Waals surface area contributed by atoms with Gasteiger partial charge in [0.25, 0.3) is 0 Å². The Labute approximate surface area is 167 Å². The van der Waals surface area contributed by atoms with E-state index in [2.05, 4.69) is 16.3 Å². The maximum Gasteiger partial charge on any atom is 0.360 e. The number of esters is 1. The summed E-state index contributed by atoms with van der Waals surface area (Å²) in [6.07, 6.45) is 2.99. The number of nitrogens with two attached hydrogens (primary N) is 1. The van der Waals surface area contributed by atoms with E-state index < -0.39 is 5.97 Å². The fourth-order valence-electron chi connectivity index (χ4n) is 3.51. The minimum Gasteiger partial charge on any atom is -0.461 e. The number of hydrogen-bond acceptors (Lipinski definition) is 7. The molecular weight excluding hydrogens is 374 g/mol. The molecule has 1 aliphatic heterocycles. The van der Waals surface area contributed by atoms with Gasteiger partial charge in [-0.3, -0.25) is 0 Å². The molecule has 3 aromatic rings. The number of thiophene rings is 1. The predicted octanol–water partition coefficient (Wildman–Crippen LogP) is 4.09.